The van der Waals surface area contributed by atoms with Crippen LogP contribution < -0.4 is 10.5 Å². The normalized spacial score (nSPS) is 16.3. The molecule has 1 aliphatic heterocycles. The molecule has 1 aromatic carbocycles. The maximum atomic E-state index is 12.2. The number of rotatable bonds is 4. The summed E-state index contributed by atoms with van der Waals surface area (Å²) >= 11 is 0. The van der Waals surface area contributed by atoms with E-state index in [-0.39, 0.29) is 18.0 Å². The molecule has 1 amide bonds. The second-order valence-corrected chi connectivity index (χ2v) is 7.34. The van der Waals surface area contributed by atoms with Gasteiger partial charge in [-0.25, -0.2) is 0 Å². The van der Waals surface area contributed by atoms with Crippen molar-refractivity contribution in [3.63, 3.8) is 0 Å². The number of aromatic nitrogens is 1. The number of benzene rings is 1. The number of amides is 1. The summed E-state index contributed by atoms with van der Waals surface area (Å²) in [5.74, 6) is 1.41. The Morgan fingerprint density at radius 3 is 2.79 bits per heavy atom. The highest BCUT2D eigenvalue weighted by Crippen LogP contribution is 2.31. The lowest BCUT2D eigenvalue weighted by atomic mass is 9.97. The van der Waals surface area contributed by atoms with Crippen LogP contribution in [0.4, 0.5) is 5.69 Å². The van der Waals surface area contributed by atoms with Gasteiger partial charge in [0.2, 0.25) is 5.91 Å². The summed E-state index contributed by atoms with van der Waals surface area (Å²) < 4.78 is 6.11. The van der Waals surface area contributed by atoms with Crippen LogP contribution in [0.3, 0.4) is 0 Å². The van der Waals surface area contributed by atoms with Crippen molar-refractivity contribution in [3.8, 4) is 5.75 Å². The first-order valence-corrected chi connectivity index (χ1v) is 9.44. The number of carbonyl (C=O) groups is 1. The van der Waals surface area contributed by atoms with Crippen LogP contribution in [0.15, 0.2) is 24.3 Å². The Morgan fingerprint density at radius 1 is 1.39 bits per heavy atom. The number of anilines is 1. The third-order valence-corrected chi connectivity index (χ3v) is 4.75. The van der Waals surface area contributed by atoms with E-state index in [1.54, 1.807) is 0 Å². The third kappa shape index (κ3) is 5.30. The predicted molar refractivity (Wildman–Crippen MR) is 106 cm³/mol. The van der Waals surface area contributed by atoms with Gasteiger partial charge in [-0.1, -0.05) is 19.9 Å². The molecule has 0 radical (unpaired) electrons. The van der Waals surface area contributed by atoms with E-state index in [4.69, 9.17) is 20.1 Å². The Morgan fingerprint density at radius 2 is 2.11 bits per heavy atom. The minimum atomic E-state index is 0.0480. The largest absolute Gasteiger partial charge is 0.492 e. The van der Waals surface area contributed by atoms with E-state index in [1.165, 1.54) is 0 Å². The number of likely N-dealkylation sites (tertiary alicyclic amines) is 1. The number of hydrogen-bond donors (Lipinski definition) is 1. The number of nitrogens with zero attached hydrogens (tertiary/aromatic N) is 2. The van der Waals surface area contributed by atoms with Gasteiger partial charge < -0.3 is 15.4 Å². The van der Waals surface area contributed by atoms with Crippen LogP contribution in [-0.4, -0.2) is 41.6 Å². The quantitative estimate of drug-likeness (QED) is 0.868. The Kier molecular flexibility index (Phi) is 7.52. The zero-order valence-electron chi connectivity index (χ0n) is 16.6. The molecule has 2 N–H and O–H groups in total. The minimum absolute atomic E-state index is 0.0480. The van der Waals surface area contributed by atoms with Gasteiger partial charge in [-0.15, -0.1) is 0 Å². The van der Waals surface area contributed by atoms with Crippen molar-refractivity contribution in [1.82, 2.24) is 9.88 Å². The summed E-state index contributed by atoms with van der Waals surface area (Å²) in [6.45, 7) is 8.07. The van der Waals surface area contributed by atoms with Crippen molar-refractivity contribution in [3.05, 3.63) is 30.0 Å². The Labute approximate surface area is 164 Å². The van der Waals surface area contributed by atoms with Crippen LogP contribution >= 0.6 is 0 Å². The zero-order chi connectivity index (χ0) is 20.7. The first-order chi connectivity index (χ1) is 13.4. The standard InChI is InChI=1S/C20H27N3O2.CO2/c1-13(2)20(24)23-9-5-6-15(11-23)12-25-18-8-4-7-17-19(18)16(21)10-14(3)22-17;2-1-3/h4,7-8,10,13,15H,5-6,9,11-12H2,1-3H3,(H2,21,22);. The number of nitrogens with two attached hydrogens (primary N) is 1. The highest BCUT2D eigenvalue weighted by Gasteiger charge is 2.25. The van der Waals surface area contributed by atoms with Crippen molar-refractivity contribution in [2.75, 3.05) is 25.4 Å². The van der Waals surface area contributed by atoms with Crippen LogP contribution in [0.25, 0.3) is 10.9 Å². The van der Waals surface area contributed by atoms with Crippen molar-refractivity contribution in [2.24, 2.45) is 11.8 Å². The van der Waals surface area contributed by atoms with Gasteiger partial charge in [-0.05, 0) is 38.0 Å². The molecule has 1 saturated heterocycles. The molecule has 2 aromatic rings. The van der Waals surface area contributed by atoms with Gasteiger partial charge >= 0.3 is 6.15 Å². The Bertz CT molecular complexity index is 860. The summed E-state index contributed by atoms with van der Waals surface area (Å²) in [6.07, 6.45) is 2.37. The molecule has 0 bridgehead atoms. The summed E-state index contributed by atoms with van der Waals surface area (Å²) in [5, 5.41) is 0.874. The summed E-state index contributed by atoms with van der Waals surface area (Å²) in [5.41, 5.74) is 8.64. The number of carbonyl (C=O) groups excluding carboxylic acids is 3. The lowest BCUT2D eigenvalue weighted by Gasteiger charge is -2.33. The first-order valence-electron chi connectivity index (χ1n) is 9.44. The van der Waals surface area contributed by atoms with Gasteiger partial charge in [0.15, 0.2) is 0 Å². The molecule has 1 aliphatic rings. The van der Waals surface area contributed by atoms with E-state index >= 15 is 0 Å². The van der Waals surface area contributed by atoms with E-state index in [0.717, 1.165) is 48.3 Å². The summed E-state index contributed by atoms with van der Waals surface area (Å²) in [7, 11) is 0. The number of ether oxygens (including phenoxy) is 1. The maximum absolute atomic E-state index is 12.2. The SMILES string of the molecule is Cc1cc(N)c2c(OCC3CCCN(C(=O)C(C)C)C3)cccc2n1.O=C=O. The summed E-state index contributed by atoms with van der Waals surface area (Å²) in [4.78, 5) is 35.0. The van der Waals surface area contributed by atoms with Crippen molar-refractivity contribution < 1.29 is 19.1 Å². The molecule has 0 saturated carbocycles. The molecule has 2 heterocycles. The van der Waals surface area contributed by atoms with Gasteiger partial charge in [0.1, 0.15) is 5.75 Å². The Hall–Kier alpha value is -2.92. The van der Waals surface area contributed by atoms with Gasteiger partial charge in [0.25, 0.3) is 0 Å². The van der Waals surface area contributed by atoms with Crippen molar-refractivity contribution >= 4 is 28.6 Å². The molecule has 7 nitrogen and oxygen atoms in total. The summed E-state index contributed by atoms with van der Waals surface area (Å²) in [6, 6.07) is 7.71. The second-order valence-electron chi connectivity index (χ2n) is 7.34. The van der Waals surface area contributed by atoms with Crippen LogP contribution in [0.2, 0.25) is 0 Å². The van der Waals surface area contributed by atoms with Gasteiger partial charge in [0.05, 0.1) is 17.5 Å². The van der Waals surface area contributed by atoms with Crippen LogP contribution in [0, 0.1) is 18.8 Å². The average Bonchev–Trinajstić information content (AvgIpc) is 2.66. The smallest absolute Gasteiger partial charge is 0.373 e. The molecule has 28 heavy (non-hydrogen) atoms. The molecule has 1 aromatic heterocycles. The lowest BCUT2D eigenvalue weighted by Crippen LogP contribution is -2.43. The van der Waals surface area contributed by atoms with E-state index in [2.05, 4.69) is 4.98 Å². The number of nitrogen functional groups attached to an aromatic ring is 1. The average molecular weight is 385 g/mol. The lowest BCUT2D eigenvalue weighted by molar-refractivity contribution is -0.191. The molecule has 0 spiro atoms. The molecule has 7 heteroatoms. The number of fused-ring (bicyclic) bond motifs is 1. The van der Waals surface area contributed by atoms with Crippen LogP contribution in [-0.2, 0) is 14.4 Å². The molecule has 150 valence electrons. The zero-order valence-corrected chi connectivity index (χ0v) is 16.6. The maximum Gasteiger partial charge on any atom is 0.373 e. The third-order valence-electron chi connectivity index (χ3n) is 4.75. The molecular weight excluding hydrogens is 358 g/mol. The fourth-order valence-corrected chi connectivity index (χ4v) is 3.52. The first kappa shape index (κ1) is 21.4. The van der Waals surface area contributed by atoms with E-state index in [1.807, 2.05) is 49.9 Å². The predicted octanol–water partition coefficient (Wildman–Crippen LogP) is 2.82. The molecule has 1 unspecified atom stereocenters. The number of piperidine rings is 1. The van der Waals surface area contributed by atoms with Gasteiger partial charge in [-0.2, -0.15) is 9.59 Å². The van der Waals surface area contributed by atoms with Gasteiger partial charge in [0, 0.05) is 36.3 Å². The van der Waals surface area contributed by atoms with Crippen LogP contribution in [0.5, 0.6) is 5.75 Å². The van der Waals surface area contributed by atoms with E-state index in [0.29, 0.717) is 18.2 Å². The second kappa shape index (κ2) is 9.85. The molecule has 3 rings (SSSR count). The monoisotopic (exact) mass is 385 g/mol. The van der Waals surface area contributed by atoms with Crippen molar-refractivity contribution in [2.45, 2.75) is 33.6 Å². The highest BCUT2D eigenvalue weighted by atomic mass is 16.5. The highest BCUT2D eigenvalue weighted by molar-refractivity contribution is 5.95. The number of aryl methyl sites for hydroxylation is 1. The molecule has 1 atom stereocenters. The minimum Gasteiger partial charge on any atom is -0.492 e. The van der Waals surface area contributed by atoms with Crippen molar-refractivity contribution in [1.29, 1.82) is 0 Å². The molecule has 0 aliphatic carbocycles. The molecular formula is C21H27N3O4. The van der Waals surface area contributed by atoms with E-state index < -0.39 is 0 Å². The Balaban J connectivity index is 0.000000878. The molecule has 1 fully saturated rings. The number of pyridine rings is 1. The van der Waals surface area contributed by atoms with Gasteiger partial charge in [-0.3, -0.25) is 9.78 Å². The topological polar surface area (TPSA) is 103 Å². The van der Waals surface area contributed by atoms with E-state index in [9.17, 15) is 4.79 Å². The fourth-order valence-electron chi connectivity index (χ4n) is 3.52. The number of hydrogen-bond acceptors (Lipinski definition) is 6. The van der Waals surface area contributed by atoms with Crippen LogP contribution in [0.1, 0.15) is 32.4 Å². The fraction of sp³-hybridized carbons (Fsp3) is 0.476.